The molecule has 1 aromatic carbocycles. The lowest BCUT2D eigenvalue weighted by Crippen LogP contribution is -1.86. The highest BCUT2D eigenvalue weighted by atomic mass is 16.5. The van der Waals surface area contributed by atoms with Crippen molar-refractivity contribution in [2.45, 2.75) is 13.3 Å². The quantitative estimate of drug-likeness (QED) is 0.762. The molecule has 0 amide bonds. The first-order valence-corrected chi connectivity index (χ1v) is 4.01. The summed E-state index contributed by atoms with van der Waals surface area (Å²) in [4.78, 5) is 9.37. The second-order valence-corrected chi connectivity index (χ2v) is 2.26. The molecule has 0 heterocycles. The normalized spacial score (nSPS) is 8.15. The number of carboxylic acid groups (broad SMARTS) is 1. The van der Waals surface area contributed by atoms with Crippen LogP contribution in [-0.2, 0) is 4.79 Å². The number of para-hydroxylation sites is 1. The summed E-state index contributed by atoms with van der Waals surface area (Å²) in [7, 11) is 1.66. The van der Waals surface area contributed by atoms with Crippen molar-refractivity contribution in [2.24, 2.45) is 0 Å². The highest BCUT2D eigenvalue weighted by molar-refractivity contribution is 5.66. The average Bonchev–Trinajstić information content (AvgIpc) is 2.20. The molecule has 72 valence electrons. The molecular weight excluding hydrogens is 168 g/mol. The van der Waals surface area contributed by atoms with Gasteiger partial charge >= 0.3 is 5.97 Å². The van der Waals surface area contributed by atoms with Crippen LogP contribution in [0.4, 0.5) is 0 Å². The molecule has 0 saturated heterocycles. The first-order chi connectivity index (χ1) is 6.20. The molecule has 13 heavy (non-hydrogen) atoms. The molecule has 0 fully saturated rings. The van der Waals surface area contributed by atoms with Crippen molar-refractivity contribution in [3.63, 3.8) is 0 Å². The Morgan fingerprint density at radius 3 is 2.08 bits per heavy atom. The minimum atomic E-state index is -0.745. The summed E-state index contributed by atoms with van der Waals surface area (Å²) in [5.41, 5.74) is 0. The van der Waals surface area contributed by atoms with Crippen LogP contribution < -0.4 is 4.74 Å². The molecule has 0 aliphatic carbocycles. The lowest BCUT2D eigenvalue weighted by Gasteiger charge is -1.93. The first kappa shape index (κ1) is 11.5. The Morgan fingerprint density at radius 1 is 1.38 bits per heavy atom. The third-order valence-electron chi connectivity index (χ3n) is 1.28. The highest BCUT2D eigenvalue weighted by Crippen LogP contribution is 2.05. The molecular formula is C10H14O3. The van der Waals surface area contributed by atoms with E-state index in [0.29, 0.717) is 0 Å². The number of aliphatic carboxylic acids is 1. The molecule has 0 spiro atoms. The topological polar surface area (TPSA) is 46.5 Å². The van der Waals surface area contributed by atoms with Gasteiger partial charge in [0.25, 0.3) is 0 Å². The minimum Gasteiger partial charge on any atom is -0.497 e. The van der Waals surface area contributed by atoms with Gasteiger partial charge in [-0.15, -0.1) is 0 Å². The monoisotopic (exact) mass is 182 g/mol. The van der Waals surface area contributed by atoms with Crippen LogP contribution in [-0.4, -0.2) is 18.2 Å². The van der Waals surface area contributed by atoms with E-state index in [1.165, 1.54) is 0 Å². The summed E-state index contributed by atoms with van der Waals surface area (Å²) in [6, 6.07) is 9.68. The fourth-order valence-corrected chi connectivity index (χ4v) is 0.557. The van der Waals surface area contributed by atoms with Gasteiger partial charge in [-0.1, -0.05) is 25.1 Å². The Balaban J connectivity index is 0.000000252. The van der Waals surface area contributed by atoms with E-state index in [9.17, 15) is 4.79 Å². The minimum absolute atomic E-state index is 0.222. The van der Waals surface area contributed by atoms with E-state index in [1.54, 1.807) is 14.0 Å². The van der Waals surface area contributed by atoms with Crippen molar-refractivity contribution in [2.75, 3.05) is 7.11 Å². The molecule has 1 aromatic rings. The first-order valence-electron chi connectivity index (χ1n) is 4.01. The molecule has 0 radical (unpaired) electrons. The number of ether oxygens (including phenoxy) is 1. The maximum Gasteiger partial charge on any atom is 0.303 e. The molecule has 0 atom stereocenters. The van der Waals surface area contributed by atoms with Crippen LogP contribution in [0.15, 0.2) is 30.3 Å². The Bertz CT molecular complexity index is 231. The number of rotatable bonds is 2. The van der Waals surface area contributed by atoms with Crippen LogP contribution >= 0.6 is 0 Å². The third-order valence-corrected chi connectivity index (χ3v) is 1.28. The number of hydrogen-bond acceptors (Lipinski definition) is 2. The standard InChI is InChI=1S/C7H8O.C3H6O2/c1-8-7-5-3-2-4-6-7;1-2-3(4)5/h2-6H,1H3;2H2,1H3,(H,4,5). The second kappa shape index (κ2) is 7.16. The molecule has 3 nitrogen and oxygen atoms in total. The zero-order valence-corrected chi connectivity index (χ0v) is 7.86. The number of carboxylic acids is 1. The van der Waals surface area contributed by atoms with Crippen LogP contribution in [0.2, 0.25) is 0 Å². The molecule has 0 saturated carbocycles. The summed E-state index contributed by atoms with van der Waals surface area (Å²) < 4.78 is 4.91. The van der Waals surface area contributed by atoms with E-state index in [-0.39, 0.29) is 6.42 Å². The lowest BCUT2D eigenvalue weighted by molar-refractivity contribution is -0.136. The summed E-state index contributed by atoms with van der Waals surface area (Å²) in [5, 5.41) is 7.72. The van der Waals surface area contributed by atoms with E-state index >= 15 is 0 Å². The number of hydrogen-bond donors (Lipinski definition) is 1. The Kier molecular flexibility index (Phi) is 6.32. The zero-order chi connectivity index (χ0) is 10.1. The van der Waals surface area contributed by atoms with Gasteiger partial charge in [-0.2, -0.15) is 0 Å². The van der Waals surface area contributed by atoms with Gasteiger partial charge in [0, 0.05) is 6.42 Å². The van der Waals surface area contributed by atoms with Gasteiger partial charge in [0.1, 0.15) is 5.75 Å². The van der Waals surface area contributed by atoms with Crippen molar-refractivity contribution >= 4 is 5.97 Å². The molecule has 1 rings (SSSR count). The molecule has 0 aromatic heterocycles. The van der Waals surface area contributed by atoms with E-state index in [1.807, 2.05) is 30.3 Å². The number of benzene rings is 1. The molecule has 1 N–H and O–H groups in total. The smallest absolute Gasteiger partial charge is 0.303 e. The largest absolute Gasteiger partial charge is 0.497 e. The Hall–Kier alpha value is -1.51. The fraction of sp³-hybridized carbons (Fsp3) is 0.300. The van der Waals surface area contributed by atoms with Gasteiger partial charge in [0.15, 0.2) is 0 Å². The maximum absolute atomic E-state index is 9.37. The Morgan fingerprint density at radius 2 is 1.85 bits per heavy atom. The SMILES string of the molecule is CCC(=O)O.COc1ccccc1. The van der Waals surface area contributed by atoms with Gasteiger partial charge in [-0.05, 0) is 12.1 Å². The lowest BCUT2D eigenvalue weighted by atomic mass is 10.3. The molecule has 0 aliphatic rings. The molecule has 0 aliphatic heterocycles. The van der Waals surface area contributed by atoms with Crippen molar-refractivity contribution in [1.82, 2.24) is 0 Å². The van der Waals surface area contributed by atoms with Crippen molar-refractivity contribution in [3.8, 4) is 5.75 Å². The zero-order valence-electron chi connectivity index (χ0n) is 7.86. The van der Waals surface area contributed by atoms with Gasteiger partial charge in [0.2, 0.25) is 0 Å². The number of methoxy groups -OCH3 is 1. The van der Waals surface area contributed by atoms with E-state index < -0.39 is 5.97 Å². The summed E-state index contributed by atoms with van der Waals surface area (Å²) in [6.45, 7) is 1.60. The van der Waals surface area contributed by atoms with E-state index in [2.05, 4.69) is 0 Å². The molecule has 3 heteroatoms. The predicted octanol–water partition coefficient (Wildman–Crippen LogP) is 2.18. The van der Waals surface area contributed by atoms with Gasteiger partial charge in [0.05, 0.1) is 7.11 Å². The van der Waals surface area contributed by atoms with Crippen LogP contribution in [0.25, 0.3) is 0 Å². The van der Waals surface area contributed by atoms with Gasteiger partial charge in [-0.25, -0.2) is 0 Å². The van der Waals surface area contributed by atoms with Crippen LogP contribution in [0.1, 0.15) is 13.3 Å². The fourth-order valence-electron chi connectivity index (χ4n) is 0.557. The van der Waals surface area contributed by atoms with Gasteiger partial charge < -0.3 is 9.84 Å². The van der Waals surface area contributed by atoms with E-state index in [4.69, 9.17) is 9.84 Å². The van der Waals surface area contributed by atoms with Crippen molar-refractivity contribution in [1.29, 1.82) is 0 Å². The van der Waals surface area contributed by atoms with Crippen LogP contribution in [0.3, 0.4) is 0 Å². The average molecular weight is 182 g/mol. The van der Waals surface area contributed by atoms with Crippen molar-refractivity contribution in [3.05, 3.63) is 30.3 Å². The maximum atomic E-state index is 9.37. The van der Waals surface area contributed by atoms with E-state index in [0.717, 1.165) is 5.75 Å². The predicted molar refractivity (Wildman–Crippen MR) is 50.9 cm³/mol. The third kappa shape index (κ3) is 6.87. The Labute approximate surface area is 78.0 Å². The summed E-state index contributed by atoms with van der Waals surface area (Å²) >= 11 is 0. The van der Waals surface area contributed by atoms with Crippen LogP contribution in [0, 0.1) is 0 Å². The van der Waals surface area contributed by atoms with Crippen LogP contribution in [0.5, 0.6) is 5.75 Å². The highest BCUT2D eigenvalue weighted by Gasteiger charge is 1.81. The van der Waals surface area contributed by atoms with Crippen molar-refractivity contribution < 1.29 is 14.6 Å². The second-order valence-electron chi connectivity index (χ2n) is 2.26. The number of carbonyl (C=O) groups is 1. The molecule has 0 bridgehead atoms. The molecule has 0 unspecified atom stereocenters. The summed E-state index contributed by atoms with van der Waals surface area (Å²) in [5.74, 6) is 0.164. The van der Waals surface area contributed by atoms with Gasteiger partial charge in [-0.3, -0.25) is 4.79 Å². The summed E-state index contributed by atoms with van der Waals surface area (Å²) in [6.07, 6.45) is 0.222.